The molecule has 1 saturated carbocycles. The van der Waals surface area contributed by atoms with Crippen LogP contribution in [-0.2, 0) is 5.41 Å². The van der Waals surface area contributed by atoms with Crippen molar-refractivity contribution in [3.05, 3.63) is 132 Å². The van der Waals surface area contributed by atoms with E-state index in [0.717, 1.165) is 0 Å². The Morgan fingerprint density at radius 2 is 0.857 bits per heavy atom. The standard InChI is InChI=1S/C35H24/c1-3-11-27-23(7-1)9-5-13-29(27)25-15-17-31-32-18-16-26(22-34(32)35(19-20-35)33(31)21-25)30-14-6-10-24-8-2-4-12-28(24)30/h1-18,21-22H,19-20H2. The molecule has 1 fully saturated rings. The van der Waals surface area contributed by atoms with E-state index in [2.05, 4.69) is 121 Å². The van der Waals surface area contributed by atoms with Gasteiger partial charge < -0.3 is 0 Å². The lowest BCUT2D eigenvalue weighted by Crippen LogP contribution is -2.04. The van der Waals surface area contributed by atoms with Gasteiger partial charge in [0.05, 0.1) is 0 Å². The summed E-state index contributed by atoms with van der Waals surface area (Å²) >= 11 is 0. The van der Waals surface area contributed by atoms with Crippen LogP contribution in [0, 0.1) is 0 Å². The molecular weight excluding hydrogens is 420 g/mol. The summed E-state index contributed by atoms with van der Waals surface area (Å²) in [4.78, 5) is 0. The van der Waals surface area contributed by atoms with Gasteiger partial charge >= 0.3 is 0 Å². The highest BCUT2D eigenvalue weighted by Gasteiger charge is 2.52. The predicted molar refractivity (Wildman–Crippen MR) is 148 cm³/mol. The van der Waals surface area contributed by atoms with E-state index in [1.807, 2.05) is 0 Å². The van der Waals surface area contributed by atoms with Gasteiger partial charge in [0.1, 0.15) is 0 Å². The lowest BCUT2D eigenvalue weighted by atomic mass is 9.89. The van der Waals surface area contributed by atoms with Crippen LogP contribution in [0.4, 0.5) is 0 Å². The molecule has 6 aromatic carbocycles. The third kappa shape index (κ3) is 2.68. The molecule has 0 atom stereocenters. The Kier molecular flexibility index (Phi) is 3.80. The van der Waals surface area contributed by atoms with Crippen molar-refractivity contribution in [2.75, 3.05) is 0 Å². The highest BCUT2D eigenvalue weighted by Crippen LogP contribution is 2.63. The molecule has 2 aliphatic carbocycles. The van der Waals surface area contributed by atoms with Gasteiger partial charge in [-0.3, -0.25) is 0 Å². The van der Waals surface area contributed by atoms with Crippen molar-refractivity contribution in [2.45, 2.75) is 18.3 Å². The summed E-state index contributed by atoms with van der Waals surface area (Å²) in [5, 5.41) is 5.26. The normalized spacial score (nSPS) is 14.9. The minimum Gasteiger partial charge on any atom is -0.0616 e. The predicted octanol–water partition coefficient (Wildman–Crippen LogP) is 9.39. The first-order valence-corrected chi connectivity index (χ1v) is 12.6. The van der Waals surface area contributed by atoms with Crippen molar-refractivity contribution in [3.63, 3.8) is 0 Å². The zero-order chi connectivity index (χ0) is 23.0. The molecule has 0 unspecified atom stereocenters. The van der Waals surface area contributed by atoms with E-state index in [4.69, 9.17) is 0 Å². The zero-order valence-corrected chi connectivity index (χ0v) is 19.5. The van der Waals surface area contributed by atoms with Crippen LogP contribution in [0.25, 0.3) is 54.9 Å². The van der Waals surface area contributed by atoms with Gasteiger partial charge in [-0.2, -0.15) is 0 Å². The van der Waals surface area contributed by atoms with Gasteiger partial charge in [-0.25, -0.2) is 0 Å². The lowest BCUT2D eigenvalue weighted by molar-refractivity contribution is 0.880. The molecular formula is C35H24. The molecule has 0 aromatic heterocycles. The SMILES string of the molecule is c1ccc2c(-c3ccc4c(c3)C3(CC3)c3cc(-c5cccc6ccccc56)ccc3-4)cccc2c1. The maximum Gasteiger partial charge on any atom is 0.0216 e. The number of hydrogen-bond acceptors (Lipinski definition) is 0. The van der Waals surface area contributed by atoms with Crippen LogP contribution in [-0.4, -0.2) is 0 Å². The lowest BCUT2D eigenvalue weighted by Gasteiger charge is -2.14. The van der Waals surface area contributed by atoms with Crippen molar-refractivity contribution in [1.82, 2.24) is 0 Å². The Morgan fingerprint density at radius 3 is 1.34 bits per heavy atom. The summed E-state index contributed by atoms with van der Waals surface area (Å²) in [7, 11) is 0. The van der Waals surface area contributed by atoms with E-state index in [9.17, 15) is 0 Å². The minimum absolute atomic E-state index is 0.186. The van der Waals surface area contributed by atoms with E-state index in [1.165, 1.54) is 78.9 Å². The molecule has 0 radical (unpaired) electrons. The third-order valence-corrected chi connectivity index (χ3v) is 8.31. The van der Waals surface area contributed by atoms with E-state index < -0.39 is 0 Å². The molecule has 0 aliphatic heterocycles. The first kappa shape index (κ1) is 19.2. The largest absolute Gasteiger partial charge is 0.0616 e. The molecule has 164 valence electrons. The molecule has 0 amide bonds. The molecule has 0 bridgehead atoms. The first-order valence-electron chi connectivity index (χ1n) is 12.6. The van der Waals surface area contributed by atoms with E-state index in [1.54, 1.807) is 0 Å². The van der Waals surface area contributed by atoms with Crippen LogP contribution in [0.2, 0.25) is 0 Å². The quantitative estimate of drug-likeness (QED) is 0.249. The van der Waals surface area contributed by atoms with Crippen LogP contribution in [0.15, 0.2) is 121 Å². The van der Waals surface area contributed by atoms with Gasteiger partial charge in [0.2, 0.25) is 0 Å². The van der Waals surface area contributed by atoms with E-state index in [-0.39, 0.29) is 5.41 Å². The Bertz CT molecular complexity index is 1660. The summed E-state index contributed by atoms with van der Waals surface area (Å²) in [6.07, 6.45) is 2.48. The van der Waals surface area contributed by atoms with Crippen molar-refractivity contribution in [2.24, 2.45) is 0 Å². The zero-order valence-electron chi connectivity index (χ0n) is 19.5. The second kappa shape index (κ2) is 6.93. The second-order valence-corrected chi connectivity index (χ2v) is 10.2. The van der Waals surface area contributed by atoms with Crippen LogP contribution < -0.4 is 0 Å². The second-order valence-electron chi connectivity index (χ2n) is 10.2. The summed E-state index contributed by atoms with van der Waals surface area (Å²) in [5.41, 5.74) is 11.4. The summed E-state index contributed by atoms with van der Waals surface area (Å²) < 4.78 is 0. The summed E-state index contributed by atoms with van der Waals surface area (Å²) in [6, 6.07) is 45.1. The summed E-state index contributed by atoms with van der Waals surface area (Å²) in [5.74, 6) is 0. The summed E-state index contributed by atoms with van der Waals surface area (Å²) in [6.45, 7) is 0. The number of hydrogen-bond donors (Lipinski definition) is 0. The smallest absolute Gasteiger partial charge is 0.0216 e. The van der Waals surface area contributed by atoms with Crippen molar-refractivity contribution in [1.29, 1.82) is 0 Å². The van der Waals surface area contributed by atoms with Gasteiger partial charge in [0, 0.05) is 5.41 Å². The number of rotatable bonds is 2. The van der Waals surface area contributed by atoms with Crippen molar-refractivity contribution < 1.29 is 0 Å². The minimum atomic E-state index is 0.186. The van der Waals surface area contributed by atoms with Gasteiger partial charge in [0.15, 0.2) is 0 Å². The fourth-order valence-electron chi connectivity index (χ4n) is 6.45. The molecule has 0 heteroatoms. The monoisotopic (exact) mass is 444 g/mol. The van der Waals surface area contributed by atoms with Gasteiger partial charge in [0.25, 0.3) is 0 Å². The number of benzene rings is 6. The van der Waals surface area contributed by atoms with E-state index >= 15 is 0 Å². The average molecular weight is 445 g/mol. The van der Waals surface area contributed by atoms with Gasteiger partial charge in [-0.1, -0.05) is 109 Å². The molecule has 0 heterocycles. The molecule has 35 heavy (non-hydrogen) atoms. The maximum absolute atomic E-state index is 2.49. The van der Waals surface area contributed by atoms with Gasteiger partial charge in [-0.05, 0) is 91.0 Å². The first-order chi connectivity index (χ1) is 17.3. The fourth-order valence-corrected chi connectivity index (χ4v) is 6.45. The molecule has 8 rings (SSSR count). The van der Waals surface area contributed by atoms with E-state index in [0.29, 0.717) is 0 Å². The van der Waals surface area contributed by atoms with Crippen LogP contribution >= 0.6 is 0 Å². The molecule has 2 aliphatic rings. The van der Waals surface area contributed by atoms with Crippen LogP contribution in [0.5, 0.6) is 0 Å². The molecule has 1 spiro atoms. The van der Waals surface area contributed by atoms with Gasteiger partial charge in [-0.15, -0.1) is 0 Å². The van der Waals surface area contributed by atoms with Crippen LogP contribution in [0.1, 0.15) is 24.0 Å². The number of fused-ring (bicyclic) bond motifs is 7. The highest BCUT2D eigenvalue weighted by atomic mass is 14.5. The molecule has 0 N–H and O–H groups in total. The fraction of sp³-hybridized carbons (Fsp3) is 0.0857. The third-order valence-electron chi connectivity index (χ3n) is 8.31. The topological polar surface area (TPSA) is 0 Å². The van der Waals surface area contributed by atoms with Crippen molar-refractivity contribution in [3.8, 4) is 33.4 Å². The Hall–Kier alpha value is -4.16. The Labute approximate surface area is 205 Å². The average Bonchev–Trinajstić information content (AvgIpc) is 3.69. The molecule has 0 saturated heterocycles. The van der Waals surface area contributed by atoms with Crippen LogP contribution in [0.3, 0.4) is 0 Å². The van der Waals surface area contributed by atoms with Crippen molar-refractivity contribution >= 4 is 21.5 Å². The highest BCUT2D eigenvalue weighted by molar-refractivity contribution is 5.99. The molecule has 6 aromatic rings. The maximum atomic E-state index is 2.49. The Morgan fingerprint density at radius 1 is 0.400 bits per heavy atom. The molecule has 0 nitrogen and oxygen atoms in total. The Balaban J connectivity index is 1.29.